The molecule has 7 nitrogen and oxygen atoms in total. The largest absolute Gasteiger partial charge is 0.496 e. The van der Waals surface area contributed by atoms with E-state index in [0.717, 1.165) is 4.57 Å². The Kier molecular flexibility index (Phi) is 5.68. The van der Waals surface area contributed by atoms with Crippen LogP contribution in [0.1, 0.15) is 5.56 Å². The second-order valence-corrected chi connectivity index (χ2v) is 7.68. The maximum absolute atomic E-state index is 13.4. The zero-order chi connectivity index (χ0) is 22.0. The lowest BCUT2D eigenvalue weighted by Gasteiger charge is -2.14. The van der Waals surface area contributed by atoms with E-state index in [4.69, 9.17) is 4.74 Å². The Bertz CT molecular complexity index is 1390. The number of anilines is 1. The van der Waals surface area contributed by atoms with Gasteiger partial charge in [0.05, 0.1) is 19.2 Å². The van der Waals surface area contributed by atoms with Crippen LogP contribution in [0.15, 0.2) is 69.6 Å². The first kappa shape index (κ1) is 20.5. The highest BCUT2D eigenvalue weighted by molar-refractivity contribution is 7.17. The van der Waals surface area contributed by atoms with Crippen LogP contribution >= 0.6 is 11.3 Å². The van der Waals surface area contributed by atoms with Crippen LogP contribution in [0, 0.1) is 5.82 Å². The van der Waals surface area contributed by atoms with Crippen molar-refractivity contribution in [1.29, 1.82) is 0 Å². The molecule has 0 aliphatic rings. The molecule has 1 amide bonds. The number of halogens is 1. The van der Waals surface area contributed by atoms with Gasteiger partial charge in [-0.25, -0.2) is 9.18 Å². The number of thiophene rings is 1. The summed E-state index contributed by atoms with van der Waals surface area (Å²) in [5.74, 6) is -0.446. The number of fused-ring (bicyclic) bond motifs is 1. The second kappa shape index (κ2) is 8.57. The van der Waals surface area contributed by atoms with Gasteiger partial charge in [-0.2, -0.15) is 0 Å². The van der Waals surface area contributed by atoms with Gasteiger partial charge in [-0.05, 0) is 35.7 Å². The molecular weight excluding hydrogens is 421 g/mol. The van der Waals surface area contributed by atoms with Gasteiger partial charge in [-0.15, -0.1) is 11.3 Å². The summed E-state index contributed by atoms with van der Waals surface area (Å²) in [6, 6.07) is 14.2. The average Bonchev–Trinajstić information content (AvgIpc) is 3.24. The van der Waals surface area contributed by atoms with E-state index in [9.17, 15) is 18.8 Å². The molecule has 0 fully saturated rings. The number of carbonyl (C=O) groups excluding carboxylic acids is 1. The number of nitrogens with one attached hydrogen (secondary N) is 1. The summed E-state index contributed by atoms with van der Waals surface area (Å²) in [5, 5.41) is 4.27. The van der Waals surface area contributed by atoms with Crippen LogP contribution in [-0.4, -0.2) is 22.2 Å². The summed E-state index contributed by atoms with van der Waals surface area (Å²) in [5.41, 5.74) is 0.280. The van der Waals surface area contributed by atoms with Crippen molar-refractivity contribution >= 4 is 33.1 Å². The normalized spacial score (nSPS) is 10.9. The molecule has 0 saturated heterocycles. The summed E-state index contributed by atoms with van der Waals surface area (Å²) in [4.78, 5) is 38.7. The Morgan fingerprint density at radius 1 is 1.10 bits per heavy atom. The minimum Gasteiger partial charge on any atom is -0.496 e. The van der Waals surface area contributed by atoms with Gasteiger partial charge in [0.1, 0.15) is 22.8 Å². The standard InChI is InChI=1S/C22H18FN3O4S/c1-30-18-8-3-2-5-14(18)12-26-21(28)20-17(9-10-31-20)25(22(26)29)13-19(27)24-16-7-4-6-15(23)11-16/h2-11H,12-13H2,1H3,(H,24,27). The van der Waals surface area contributed by atoms with Crippen molar-refractivity contribution in [2.45, 2.75) is 13.1 Å². The van der Waals surface area contributed by atoms with E-state index in [1.165, 1.54) is 41.2 Å². The fourth-order valence-electron chi connectivity index (χ4n) is 3.34. The maximum atomic E-state index is 13.4. The first-order valence-corrected chi connectivity index (χ1v) is 10.2. The molecule has 0 bridgehead atoms. The van der Waals surface area contributed by atoms with Gasteiger partial charge in [-0.1, -0.05) is 24.3 Å². The molecule has 0 aliphatic heterocycles. The lowest BCUT2D eigenvalue weighted by molar-refractivity contribution is -0.116. The molecule has 2 aromatic carbocycles. The summed E-state index contributed by atoms with van der Waals surface area (Å²) in [6.45, 7) is -0.324. The number of aromatic nitrogens is 2. The van der Waals surface area contributed by atoms with Crippen LogP contribution < -0.4 is 21.3 Å². The van der Waals surface area contributed by atoms with Gasteiger partial charge in [0.2, 0.25) is 5.91 Å². The van der Waals surface area contributed by atoms with Crippen molar-refractivity contribution in [3.63, 3.8) is 0 Å². The zero-order valence-corrected chi connectivity index (χ0v) is 17.3. The van der Waals surface area contributed by atoms with Crippen molar-refractivity contribution in [3.05, 3.63) is 92.2 Å². The highest BCUT2D eigenvalue weighted by Crippen LogP contribution is 2.19. The van der Waals surface area contributed by atoms with Crippen molar-refractivity contribution in [2.75, 3.05) is 12.4 Å². The molecule has 0 aliphatic carbocycles. The fourth-order valence-corrected chi connectivity index (χ4v) is 4.18. The van der Waals surface area contributed by atoms with E-state index in [1.807, 2.05) is 0 Å². The molecule has 0 unspecified atom stereocenters. The van der Waals surface area contributed by atoms with Crippen LogP contribution in [-0.2, 0) is 17.9 Å². The topological polar surface area (TPSA) is 82.3 Å². The maximum Gasteiger partial charge on any atom is 0.332 e. The molecule has 9 heteroatoms. The molecule has 2 heterocycles. The van der Waals surface area contributed by atoms with Gasteiger partial charge < -0.3 is 10.1 Å². The Labute approximate surface area is 180 Å². The summed E-state index contributed by atoms with van der Waals surface area (Å²) < 4.78 is 21.4. The van der Waals surface area contributed by atoms with Gasteiger partial charge in [0, 0.05) is 11.3 Å². The van der Waals surface area contributed by atoms with E-state index < -0.39 is 23.0 Å². The summed E-state index contributed by atoms with van der Waals surface area (Å²) in [6.07, 6.45) is 0. The van der Waals surface area contributed by atoms with E-state index in [1.54, 1.807) is 41.8 Å². The van der Waals surface area contributed by atoms with Crippen LogP contribution in [0.2, 0.25) is 0 Å². The molecule has 4 rings (SSSR count). The highest BCUT2D eigenvalue weighted by Gasteiger charge is 2.18. The fraction of sp³-hybridized carbons (Fsp3) is 0.136. The first-order chi connectivity index (χ1) is 15.0. The third-order valence-electron chi connectivity index (χ3n) is 4.77. The van der Waals surface area contributed by atoms with Crippen molar-refractivity contribution in [2.24, 2.45) is 0 Å². The SMILES string of the molecule is COc1ccccc1Cn1c(=O)c2sccc2n(CC(=O)Nc2cccc(F)c2)c1=O. The van der Waals surface area contributed by atoms with Crippen molar-refractivity contribution in [3.8, 4) is 5.75 Å². The molecule has 0 saturated carbocycles. The van der Waals surface area contributed by atoms with Crippen LogP contribution in [0.5, 0.6) is 5.75 Å². The molecule has 4 aromatic rings. The minimum absolute atomic E-state index is 0.00103. The van der Waals surface area contributed by atoms with Gasteiger partial charge >= 0.3 is 5.69 Å². The van der Waals surface area contributed by atoms with E-state index in [0.29, 0.717) is 21.5 Å². The number of nitrogens with zero attached hydrogens (tertiary/aromatic N) is 2. The first-order valence-electron chi connectivity index (χ1n) is 9.36. The molecule has 2 aromatic heterocycles. The number of amides is 1. The average molecular weight is 439 g/mol. The number of methoxy groups -OCH3 is 1. The number of hydrogen-bond donors (Lipinski definition) is 1. The van der Waals surface area contributed by atoms with Gasteiger partial charge in [0.25, 0.3) is 5.56 Å². The molecule has 1 N–H and O–H groups in total. The van der Waals surface area contributed by atoms with E-state index in [-0.39, 0.29) is 18.8 Å². The quantitative estimate of drug-likeness (QED) is 0.501. The number of para-hydroxylation sites is 1. The summed E-state index contributed by atoms with van der Waals surface area (Å²) >= 11 is 1.20. The lowest BCUT2D eigenvalue weighted by atomic mass is 10.2. The third kappa shape index (κ3) is 4.13. The Balaban J connectivity index is 1.73. The monoisotopic (exact) mass is 439 g/mol. The molecule has 0 atom stereocenters. The Morgan fingerprint density at radius 3 is 2.68 bits per heavy atom. The number of benzene rings is 2. The predicted octanol–water partition coefficient (Wildman–Crippen LogP) is 3.06. The predicted molar refractivity (Wildman–Crippen MR) is 117 cm³/mol. The van der Waals surface area contributed by atoms with Crippen molar-refractivity contribution < 1.29 is 13.9 Å². The number of hydrogen-bond acceptors (Lipinski definition) is 5. The molecule has 31 heavy (non-hydrogen) atoms. The summed E-state index contributed by atoms with van der Waals surface area (Å²) in [7, 11) is 1.51. The van der Waals surface area contributed by atoms with Gasteiger partial charge in [0.15, 0.2) is 0 Å². The Hall–Kier alpha value is -3.72. The molecular formula is C22H18FN3O4S. The Morgan fingerprint density at radius 2 is 1.90 bits per heavy atom. The minimum atomic E-state index is -0.615. The second-order valence-electron chi connectivity index (χ2n) is 6.77. The smallest absolute Gasteiger partial charge is 0.332 e. The van der Waals surface area contributed by atoms with E-state index in [2.05, 4.69) is 5.32 Å². The number of ether oxygens (including phenoxy) is 1. The number of rotatable bonds is 6. The van der Waals surface area contributed by atoms with Crippen molar-refractivity contribution in [1.82, 2.24) is 9.13 Å². The molecule has 0 radical (unpaired) electrons. The lowest BCUT2D eigenvalue weighted by Crippen LogP contribution is -2.41. The van der Waals surface area contributed by atoms with Gasteiger partial charge in [-0.3, -0.25) is 18.7 Å². The van der Waals surface area contributed by atoms with Crippen LogP contribution in [0.3, 0.4) is 0 Å². The van der Waals surface area contributed by atoms with Crippen LogP contribution in [0.25, 0.3) is 10.2 Å². The van der Waals surface area contributed by atoms with Crippen LogP contribution in [0.4, 0.5) is 10.1 Å². The molecule has 0 spiro atoms. The third-order valence-corrected chi connectivity index (χ3v) is 5.66. The molecule has 158 valence electrons. The zero-order valence-electron chi connectivity index (χ0n) is 16.5. The highest BCUT2D eigenvalue weighted by atomic mass is 32.1. The number of carbonyl (C=O) groups is 1. The van der Waals surface area contributed by atoms with E-state index >= 15 is 0 Å².